The topological polar surface area (TPSA) is 29.1 Å². The molecule has 0 heterocycles. The van der Waals surface area contributed by atoms with Crippen molar-refractivity contribution in [2.45, 2.75) is 38.1 Å². The maximum absolute atomic E-state index is 12.2. The molecule has 0 fully saturated rings. The summed E-state index contributed by atoms with van der Waals surface area (Å²) < 4.78 is 0. The first-order chi connectivity index (χ1) is 10.6. The molecule has 0 aliphatic rings. The van der Waals surface area contributed by atoms with Gasteiger partial charge in [-0.05, 0) is 38.0 Å². The Balaban J connectivity index is 1.89. The quantitative estimate of drug-likeness (QED) is 0.786. The molecule has 22 heavy (non-hydrogen) atoms. The molecule has 0 radical (unpaired) electrons. The number of thioether (sulfide) groups is 1. The van der Waals surface area contributed by atoms with Gasteiger partial charge in [0.15, 0.2) is 0 Å². The highest BCUT2D eigenvalue weighted by Gasteiger charge is 2.12. The highest BCUT2D eigenvalue weighted by Crippen LogP contribution is 2.20. The Morgan fingerprint density at radius 2 is 1.55 bits per heavy atom. The summed E-state index contributed by atoms with van der Waals surface area (Å²) in [4.78, 5) is 13.3. The minimum atomic E-state index is 0.0815. The molecule has 0 saturated carbocycles. The highest BCUT2D eigenvalue weighted by molar-refractivity contribution is 8.00. The third kappa shape index (κ3) is 4.92. The summed E-state index contributed by atoms with van der Waals surface area (Å²) in [6.45, 7) is 6.23. The lowest BCUT2D eigenvalue weighted by molar-refractivity contribution is -0.119. The fourth-order valence-electron chi connectivity index (χ4n) is 2.24. The summed E-state index contributed by atoms with van der Waals surface area (Å²) >= 11 is 1.58. The normalized spacial score (nSPS) is 12.0. The van der Waals surface area contributed by atoms with Gasteiger partial charge in [-0.25, -0.2) is 0 Å². The van der Waals surface area contributed by atoms with Gasteiger partial charge in [-0.3, -0.25) is 4.79 Å². The molecule has 1 unspecified atom stereocenters. The fraction of sp³-hybridized carbons (Fsp3) is 0.316. The van der Waals surface area contributed by atoms with Crippen LogP contribution >= 0.6 is 11.8 Å². The molecule has 0 aliphatic heterocycles. The van der Waals surface area contributed by atoms with Gasteiger partial charge in [0, 0.05) is 4.90 Å². The van der Waals surface area contributed by atoms with E-state index in [0.29, 0.717) is 5.75 Å². The van der Waals surface area contributed by atoms with Gasteiger partial charge < -0.3 is 5.32 Å². The number of aryl methyl sites for hydroxylation is 2. The third-order valence-corrected chi connectivity index (χ3v) is 4.63. The monoisotopic (exact) mass is 313 g/mol. The van der Waals surface area contributed by atoms with Crippen molar-refractivity contribution in [2.24, 2.45) is 0 Å². The Labute approximate surface area is 137 Å². The highest BCUT2D eigenvalue weighted by atomic mass is 32.2. The van der Waals surface area contributed by atoms with E-state index < -0.39 is 0 Å². The lowest BCUT2D eigenvalue weighted by Gasteiger charge is -2.17. The Bertz CT molecular complexity index is 604. The summed E-state index contributed by atoms with van der Waals surface area (Å²) in [7, 11) is 0. The second-order valence-electron chi connectivity index (χ2n) is 5.54. The number of hydrogen-bond donors (Lipinski definition) is 1. The second kappa shape index (κ2) is 8.04. The van der Waals surface area contributed by atoms with E-state index in [9.17, 15) is 4.79 Å². The van der Waals surface area contributed by atoms with Crippen LogP contribution in [0.5, 0.6) is 0 Å². The van der Waals surface area contributed by atoms with E-state index in [-0.39, 0.29) is 11.9 Å². The van der Waals surface area contributed by atoms with Gasteiger partial charge >= 0.3 is 0 Å². The number of benzene rings is 2. The van der Waals surface area contributed by atoms with Crippen molar-refractivity contribution in [3.63, 3.8) is 0 Å². The van der Waals surface area contributed by atoms with Gasteiger partial charge in [-0.1, -0.05) is 54.4 Å². The van der Waals surface area contributed by atoms with Crippen LogP contribution in [0.15, 0.2) is 53.4 Å². The molecular formula is C19H23NOS. The molecule has 1 N–H and O–H groups in total. The Kier molecular flexibility index (Phi) is 6.08. The maximum Gasteiger partial charge on any atom is 0.230 e. The predicted octanol–water partition coefficient (Wildman–Crippen LogP) is 4.66. The first-order valence-electron chi connectivity index (χ1n) is 7.64. The number of nitrogens with one attached hydrogen (secondary N) is 1. The van der Waals surface area contributed by atoms with E-state index >= 15 is 0 Å². The molecule has 0 aliphatic carbocycles. The number of amides is 1. The molecule has 2 aromatic rings. The van der Waals surface area contributed by atoms with E-state index in [2.05, 4.69) is 74.6 Å². The predicted molar refractivity (Wildman–Crippen MR) is 94.3 cm³/mol. The smallest absolute Gasteiger partial charge is 0.230 e. The SMILES string of the molecule is CCC(NC(=O)CSc1ccc(C)cc1)c1ccc(C)cc1. The summed E-state index contributed by atoms with van der Waals surface area (Å²) in [5, 5.41) is 3.12. The van der Waals surface area contributed by atoms with Gasteiger partial charge in [-0.2, -0.15) is 0 Å². The maximum atomic E-state index is 12.2. The number of carbonyl (C=O) groups is 1. The average molecular weight is 313 g/mol. The van der Waals surface area contributed by atoms with E-state index in [1.807, 2.05) is 0 Å². The first kappa shape index (κ1) is 16.6. The van der Waals surface area contributed by atoms with E-state index in [1.165, 1.54) is 16.7 Å². The minimum absolute atomic E-state index is 0.0815. The van der Waals surface area contributed by atoms with Gasteiger partial charge in [0.1, 0.15) is 0 Å². The van der Waals surface area contributed by atoms with Crippen molar-refractivity contribution < 1.29 is 4.79 Å². The zero-order valence-corrected chi connectivity index (χ0v) is 14.2. The van der Waals surface area contributed by atoms with Crippen molar-refractivity contribution in [2.75, 3.05) is 5.75 Å². The van der Waals surface area contributed by atoms with Gasteiger partial charge in [0.05, 0.1) is 11.8 Å². The average Bonchev–Trinajstić information content (AvgIpc) is 2.53. The lowest BCUT2D eigenvalue weighted by Crippen LogP contribution is -2.29. The Hall–Kier alpha value is -1.74. The van der Waals surface area contributed by atoms with Crippen molar-refractivity contribution in [3.8, 4) is 0 Å². The fourth-order valence-corrected chi connectivity index (χ4v) is 2.95. The van der Waals surface area contributed by atoms with Crippen molar-refractivity contribution >= 4 is 17.7 Å². The van der Waals surface area contributed by atoms with Crippen LogP contribution in [0.4, 0.5) is 0 Å². The van der Waals surface area contributed by atoms with Gasteiger partial charge in [0.25, 0.3) is 0 Å². The second-order valence-corrected chi connectivity index (χ2v) is 6.59. The molecule has 0 spiro atoms. The van der Waals surface area contributed by atoms with E-state index in [4.69, 9.17) is 0 Å². The van der Waals surface area contributed by atoms with Crippen LogP contribution in [0, 0.1) is 13.8 Å². The number of rotatable bonds is 6. The van der Waals surface area contributed by atoms with Crippen LogP contribution in [0.3, 0.4) is 0 Å². The Morgan fingerprint density at radius 1 is 1.00 bits per heavy atom. The molecule has 2 nitrogen and oxygen atoms in total. The zero-order chi connectivity index (χ0) is 15.9. The number of hydrogen-bond acceptors (Lipinski definition) is 2. The molecule has 1 amide bonds. The Morgan fingerprint density at radius 3 is 2.09 bits per heavy atom. The molecule has 116 valence electrons. The molecule has 2 rings (SSSR count). The van der Waals surface area contributed by atoms with Crippen LogP contribution in [0.1, 0.15) is 36.1 Å². The van der Waals surface area contributed by atoms with Crippen molar-refractivity contribution in [1.82, 2.24) is 5.32 Å². The van der Waals surface area contributed by atoms with Crippen molar-refractivity contribution in [3.05, 3.63) is 65.2 Å². The first-order valence-corrected chi connectivity index (χ1v) is 8.62. The zero-order valence-electron chi connectivity index (χ0n) is 13.4. The third-order valence-electron chi connectivity index (χ3n) is 3.61. The summed E-state index contributed by atoms with van der Waals surface area (Å²) in [6, 6.07) is 16.7. The van der Waals surface area contributed by atoms with Crippen LogP contribution in [0.25, 0.3) is 0 Å². The van der Waals surface area contributed by atoms with Gasteiger partial charge in [0.2, 0.25) is 5.91 Å². The summed E-state index contributed by atoms with van der Waals surface area (Å²) in [5.41, 5.74) is 3.64. The summed E-state index contributed by atoms with van der Waals surface area (Å²) in [6.07, 6.45) is 0.893. The summed E-state index contributed by atoms with van der Waals surface area (Å²) in [5.74, 6) is 0.531. The van der Waals surface area contributed by atoms with Crippen LogP contribution in [0.2, 0.25) is 0 Å². The molecule has 3 heteroatoms. The van der Waals surface area contributed by atoms with Gasteiger partial charge in [-0.15, -0.1) is 11.8 Å². The molecular weight excluding hydrogens is 290 g/mol. The molecule has 0 bridgehead atoms. The van der Waals surface area contributed by atoms with Crippen molar-refractivity contribution in [1.29, 1.82) is 0 Å². The van der Waals surface area contributed by atoms with Crippen LogP contribution < -0.4 is 5.32 Å². The lowest BCUT2D eigenvalue weighted by atomic mass is 10.0. The number of carbonyl (C=O) groups excluding carboxylic acids is 1. The molecule has 0 aromatic heterocycles. The molecule has 2 aromatic carbocycles. The van der Waals surface area contributed by atoms with E-state index in [0.717, 1.165) is 11.3 Å². The molecule has 1 atom stereocenters. The van der Waals surface area contributed by atoms with E-state index in [1.54, 1.807) is 11.8 Å². The largest absolute Gasteiger partial charge is 0.349 e. The van der Waals surface area contributed by atoms with Crippen LogP contribution in [-0.4, -0.2) is 11.7 Å². The van der Waals surface area contributed by atoms with Crippen LogP contribution in [-0.2, 0) is 4.79 Å². The molecule has 0 saturated heterocycles. The minimum Gasteiger partial charge on any atom is -0.349 e. The standard InChI is InChI=1S/C19H23NOS/c1-4-18(16-9-5-14(2)6-10-16)20-19(21)13-22-17-11-7-15(3)8-12-17/h5-12,18H,4,13H2,1-3H3,(H,20,21).